The normalized spacial score (nSPS) is 11.4. The molecule has 5 aromatic rings. The van der Waals surface area contributed by atoms with Crippen molar-refractivity contribution < 1.29 is 27.9 Å². The Hall–Kier alpha value is -5.32. The predicted octanol–water partition coefficient (Wildman–Crippen LogP) is 6.91. The monoisotopic (exact) mass is 571 g/mol. The van der Waals surface area contributed by atoms with Gasteiger partial charge in [0.15, 0.2) is 0 Å². The number of hydrogen-bond acceptors (Lipinski definition) is 6. The van der Waals surface area contributed by atoms with Gasteiger partial charge in [-0.15, -0.1) is 0 Å². The number of halogens is 3. The van der Waals surface area contributed by atoms with E-state index in [1.54, 1.807) is 49.5 Å². The van der Waals surface area contributed by atoms with Gasteiger partial charge in [-0.3, -0.25) is 19.9 Å². The number of alkyl halides is 3. The van der Waals surface area contributed by atoms with Crippen LogP contribution in [-0.4, -0.2) is 31.9 Å². The molecule has 8 nitrogen and oxygen atoms in total. The van der Waals surface area contributed by atoms with E-state index in [-0.39, 0.29) is 28.9 Å². The van der Waals surface area contributed by atoms with Crippen molar-refractivity contribution in [1.82, 2.24) is 15.0 Å². The smallest absolute Gasteiger partial charge is 0.416 e. The first-order valence-electron chi connectivity index (χ1n) is 12.7. The maximum absolute atomic E-state index is 13.1. The van der Waals surface area contributed by atoms with E-state index in [4.69, 9.17) is 0 Å². The molecule has 42 heavy (non-hydrogen) atoms. The average Bonchev–Trinajstić information content (AvgIpc) is 2.93. The van der Waals surface area contributed by atoms with E-state index in [0.29, 0.717) is 33.2 Å². The molecule has 0 fully saturated rings. The lowest BCUT2D eigenvalue weighted by molar-refractivity contribution is -0.137. The van der Waals surface area contributed by atoms with Crippen LogP contribution in [0.3, 0.4) is 0 Å². The number of anilines is 2. The van der Waals surface area contributed by atoms with Gasteiger partial charge >= 0.3 is 6.18 Å². The number of pyridine rings is 1. The van der Waals surface area contributed by atoms with Gasteiger partial charge in [-0.25, -0.2) is 9.97 Å². The van der Waals surface area contributed by atoms with Crippen molar-refractivity contribution in [3.63, 3.8) is 0 Å². The molecule has 0 bridgehead atoms. The summed E-state index contributed by atoms with van der Waals surface area (Å²) in [5.41, 5.74) is 2.95. The van der Waals surface area contributed by atoms with E-state index in [2.05, 4.69) is 25.6 Å². The molecular weight excluding hydrogens is 547 g/mol. The summed E-state index contributed by atoms with van der Waals surface area (Å²) < 4.78 is 39.4. The quantitative estimate of drug-likeness (QED) is 0.211. The Morgan fingerprint density at radius 2 is 1.67 bits per heavy atom. The molecular formula is C31H24F3N5O3. The topological polar surface area (TPSA) is 117 Å². The van der Waals surface area contributed by atoms with E-state index in [1.807, 2.05) is 6.92 Å². The fraction of sp³-hybridized carbons (Fsp3) is 0.129. The highest BCUT2D eigenvalue weighted by Gasteiger charge is 2.30. The van der Waals surface area contributed by atoms with Crippen molar-refractivity contribution in [2.24, 2.45) is 0 Å². The third-order valence-electron chi connectivity index (χ3n) is 6.57. The van der Waals surface area contributed by atoms with Gasteiger partial charge in [0.1, 0.15) is 5.75 Å². The van der Waals surface area contributed by atoms with Gasteiger partial charge in [0.2, 0.25) is 11.9 Å². The number of carbonyl (C=O) groups excluding carboxylic acids is 2. The molecule has 0 saturated heterocycles. The van der Waals surface area contributed by atoms with E-state index >= 15 is 0 Å². The van der Waals surface area contributed by atoms with Gasteiger partial charge in [-0.05, 0) is 67.4 Å². The molecule has 0 aliphatic carbocycles. The minimum absolute atomic E-state index is 0.00761. The lowest BCUT2D eigenvalue weighted by atomic mass is 9.92. The minimum Gasteiger partial charge on any atom is -0.507 e. The van der Waals surface area contributed by atoms with Gasteiger partial charge in [0.25, 0.3) is 5.91 Å². The summed E-state index contributed by atoms with van der Waals surface area (Å²) in [6, 6.07) is 14.4. The Bertz CT molecular complexity index is 1850. The molecule has 3 N–H and O–H groups in total. The predicted molar refractivity (Wildman–Crippen MR) is 153 cm³/mol. The molecule has 0 aliphatic rings. The number of aromatic hydroxyl groups is 1. The Morgan fingerprint density at radius 1 is 0.881 bits per heavy atom. The van der Waals surface area contributed by atoms with Crippen LogP contribution in [0, 0.1) is 13.8 Å². The Kier molecular flexibility index (Phi) is 7.34. The molecule has 0 aliphatic heterocycles. The van der Waals surface area contributed by atoms with Crippen LogP contribution in [-0.2, 0) is 11.0 Å². The van der Waals surface area contributed by atoms with E-state index in [1.165, 1.54) is 25.3 Å². The minimum atomic E-state index is -4.55. The fourth-order valence-corrected chi connectivity index (χ4v) is 4.51. The van der Waals surface area contributed by atoms with Gasteiger partial charge in [-0.2, -0.15) is 13.2 Å². The molecule has 0 radical (unpaired) electrons. The van der Waals surface area contributed by atoms with Gasteiger partial charge in [0.05, 0.1) is 16.6 Å². The first-order chi connectivity index (χ1) is 19.9. The summed E-state index contributed by atoms with van der Waals surface area (Å²) in [5, 5.41) is 17.3. The first-order valence-corrected chi connectivity index (χ1v) is 12.7. The molecule has 212 valence electrons. The number of amides is 2. The van der Waals surface area contributed by atoms with E-state index in [9.17, 15) is 27.9 Å². The van der Waals surface area contributed by atoms with Crippen molar-refractivity contribution >= 4 is 34.4 Å². The number of aromatic nitrogens is 3. The van der Waals surface area contributed by atoms with Crippen LogP contribution < -0.4 is 10.6 Å². The number of phenolic OH excluding ortho intramolecular Hbond substituents is 1. The summed E-state index contributed by atoms with van der Waals surface area (Å²) in [6.45, 7) is 4.96. The summed E-state index contributed by atoms with van der Waals surface area (Å²) in [4.78, 5) is 37.7. The van der Waals surface area contributed by atoms with Crippen molar-refractivity contribution in [2.75, 3.05) is 10.6 Å². The standard InChI is InChI=1S/C31H24F3N5O3/c1-16-7-9-19(29(42)38-23-6-4-5-22(13-23)31(32,33)34)11-24(16)25-12-21-15-36-30(37-18(3)40)39-27(21)26(28(25)41)20-10-8-17(2)35-14-20/h4-15,41H,1-3H3,(H,38,42)(H,36,37,39,40). The largest absolute Gasteiger partial charge is 0.507 e. The number of phenols is 1. The van der Waals surface area contributed by atoms with Crippen LogP contribution in [0.1, 0.15) is 34.1 Å². The zero-order valence-corrected chi connectivity index (χ0v) is 22.7. The van der Waals surface area contributed by atoms with Crippen LogP contribution in [0.5, 0.6) is 5.75 Å². The second kappa shape index (κ2) is 10.9. The van der Waals surface area contributed by atoms with Gasteiger partial charge < -0.3 is 10.4 Å². The molecule has 0 saturated carbocycles. The number of fused-ring (bicyclic) bond motifs is 1. The second-order valence-corrected chi connectivity index (χ2v) is 9.71. The van der Waals surface area contributed by atoms with E-state index < -0.39 is 17.6 Å². The Morgan fingerprint density at radius 3 is 2.36 bits per heavy atom. The third kappa shape index (κ3) is 5.75. The van der Waals surface area contributed by atoms with Crippen LogP contribution in [0.25, 0.3) is 33.2 Å². The number of rotatable bonds is 5. The molecule has 2 aromatic heterocycles. The molecule has 11 heteroatoms. The van der Waals surface area contributed by atoms with Crippen LogP contribution in [0.2, 0.25) is 0 Å². The van der Waals surface area contributed by atoms with Crippen molar-refractivity contribution in [2.45, 2.75) is 26.9 Å². The van der Waals surface area contributed by atoms with Crippen LogP contribution in [0.4, 0.5) is 24.8 Å². The zero-order chi connectivity index (χ0) is 30.2. The number of hydrogen-bond donors (Lipinski definition) is 3. The molecule has 0 unspecified atom stereocenters. The molecule has 2 amide bonds. The molecule has 2 heterocycles. The third-order valence-corrected chi connectivity index (χ3v) is 6.57. The number of nitrogens with one attached hydrogen (secondary N) is 2. The Balaban J connectivity index is 1.62. The van der Waals surface area contributed by atoms with Crippen LogP contribution >= 0.6 is 0 Å². The van der Waals surface area contributed by atoms with Crippen molar-refractivity contribution in [3.05, 3.63) is 95.4 Å². The Labute approximate surface area is 238 Å². The summed E-state index contributed by atoms with van der Waals surface area (Å²) >= 11 is 0. The summed E-state index contributed by atoms with van der Waals surface area (Å²) in [6.07, 6.45) is -1.44. The molecule has 5 rings (SSSR count). The number of nitrogens with zero attached hydrogens (tertiary/aromatic N) is 3. The maximum Gasteiger partial charge on any atom is 0.416 e. The SMILES string of the molecule is CC(=O)Nc1ncc2cc(-c3cc(C(=O)Nc4cccc(C(F)(F)F)c4)ccc3C)c(O)c(-c3ccc(C)nc3)c2n1. The van der Waals surface area contributed by atoms with Crippen molar-refractivity contribution in [3.8, 4) is 28.0 Å². The fourth-order valence-electron chi connectivity index (χ4n) is 4.51. The van der Waals surface area contributed by atoms with Crippen molar-refractivity contribution in [1.29, 1.82) is 0 Å². The molecule has 3 aromatic carbocycles. The van der Waals surface area contributed by atoms with E-state index in [0.717, 1.165) is 23.4 Å². The van der Waals surface area contributed by atoms with Crippen LogP contribution in [0.15, 0.2) is 73.1 Å². The summed E-state index contributed by atoms with van der Waals surface area (Å²) in [7, 11) is 0. The van der Waals surface area contributed by atoms with Gasteiger partial charge in [0, 0.05) is 52.8 Å². The molecule has 0 atom stereocenters. The number of aryl methyl sites for hydroxylation is 2. The first kappa shape index (κ1) is 28.2. The second-order valence-electron chi connectivity index (χ2n) is 9.71. The zero-order valence-electron chi connectivity index (χ0n) is 22.7. The lowest BCUT2D eigenvalue weighted by Gasteiger charge is -2.17. The lowest BCUT2D eigenvalue weighted by Crippen LogP contribution is -2.13. The number of carbonyl (C=O) groups is 2. The number of benzene rings is 3. The average molecular weight is 572 g/mol. The van der Waals surface area contributed by atoms with Gasteiger partial charge in [-0.1, -0.05) is 18.2 Å². The highest BCUT2D eigenvalue weighted by molar-refractivity contribution is 6.07. The molecule has 0 spiro atoms. The summed E-state index contributed by atoms with van der Waals surface area (Å²) in [5.74, 6) is -1.06. The highest BCUT2D eigenvalue weighted by atomic mass is 19.4. The maximum atomic E-state index is 13.1. The highest BCUT2D eigenvalue weighted by Crippen LogP contribution is 2.44.